The summed E-state index contributed by atoms with van der Waals surface area (Å²) in [7, 11) is 0. The van der Waals surface area contributed by atoms with E-state index in [1.807, 2.05) is 18.2 Å². The van der Waals surface area contributed by atoms with Crippen molar-refractivity contribution < 1.29 is 19.1 Å². The summed E-state index contributed by atoms with van der Waals surface area (Å²) < 4.78 is 11.2. The smallest absolute Gasteiger partial charge is 0.335 e. The van der Waals surface area contributed by atoms with Crippen molar-refractivity contribution >= 4 is 18.4 Å². The first-order valence-corrected chi connectivity index (χ1v) is 8.65. The number of hydrogen-bond acceptors (Lipinski definition) is 5. The number of carboxylic acids is 1. The fraction of sp³-hybridized carbons (Fsp3) is 0.421. The van der Waals surface area contributed by atoms with Gasteiger partial charge in [0.25, 0.3) is 0 Å². The maximum absolute atomic E-state index is 11.1. The SMILES string of the molecule is Cl.O=C(O)c1cccc(-c2ccc(CNCCCN3CCOCC3)o2)c1. The Hall–Kier alpha value is -1.86. The van der Waals surface area contributed by atoms with Crippen LogP contribution in [0.15, 0.2) is 40.8 Å². The molecule has 1 saturated heterocycles. The van der Waals surface area contributed by atoms with Gasteiger partial charge in [-0.1, -0.05) is 12.1 Å². The summed E-state index contributed by atoms with van der Waals surface area (Å²) in [6.07, 6.45) is 1.09. The fourth-order valence-electron chi connectivity index (χ4n) is 2.90. The van der Waals surface area contributed by atoms with Crippen molar-refractivity contribution in [2.45, 2.75) is 13.0 Å². The summed E-state index contributed by atoms with van der Waals surface area (Å²) in [6.45, 7) is 6.41. The minimum atomic E-state index is -0.935. The molecule has 0 unspecified atom stereocenters. The highest BCUT2D eigenvalue weighted by Gasteiger charge is 2.10. The third-order valence-corrected chi connectivity index (χ3v) is 4.29. The molecule has 1 aromatic heterocycles. The number of aromatic carboxylic acids is 1. The van der Waals surface area contributed by atoms with Crippen LogP contribution in [0.1, 0.15) is 22.5 Å². The Labute approximate surface area is 159 Å². The zero-order valence-electron chi connectivity index (χ0n) is 14.6. The van der Waals surface area contributed by atoms with Gasteiger partial charge in [0.2, 0.25) is 0 Å². The Balaban J connectivity index is 0.00000243. The molecule has 7 heteroatoms. The molecule has 26 heavy (non-hydrogen) atoms. The van der Waals surface area contributed by atoms with Crippen LogP contribution in [0.5, 0.6) is 0 Å². The number of furan rings is 1. The van der Waals surface area contributed by atoms with Crippen LogP contribution in [0.4, 0.5) is 0 Å². The molecule has 142 valence electrons. The summed E-state index contributed by atoms with van der Waals surface area (Å²) in [5.74, 6) is 0.603. The molecule has 0 radical (unpaired) electrons. The Morgan fingerprint density at radius 1 is 1.19 bits per heavy atom. The Kier molecular flexibility index (Phi) is 8.12. The Morgan fingerprint density at radius 2 is 2.00 bits per heavy atom. The molecule has 2 heterocycles. The van der Waals surface area contributed by atoms with Gasteiger partial charge in [0.05, 0.1) is 25.3 Å². The molecule has 3 rings (SSSR count). The molecule has 0 saturated carbocycles. The third-order valence-electron chi connectivity index (χ3n) is 4.29. The van der Waals surface area contributed by atoms with E-state index in [0.29, 0.717) is 12.3 Å². The molecule has 1 aliphatic heterocycles. The number of hydrogen-bond donors (Lipinski definition) is 2. The first-order chi connectivity index (χ1) is 12.2. The number of ether oxygens (including phenoxy) is 1. The van der Waals surface area contributed by atoms with Gasteiger partial charge in [0.15, 0.2) is 0 Å². The lowest BCUT2D eigenvalue weighted by Gasteiger charge is -2.26. The Morgan fingerprint density at radius 3 is 2.77 bits per heavy atom. The number of benzene rings is 1. The maximum atomic E-state index is 11.1. The highest BCUT2D eigenvalue weighted by atomic mass is 35.5. The predicted octanol–water partition coefficient (Wildman–Crippen LogP) is 2.88. The van der Waals surface area contributed by atoms with Crippen LogP contribution in [-0.4, -0.2) is 55.4 Å². The van der Waals surface area contributed by atoms with E-state index in [1.54, 1.807) is 18.2 Å². The molecule has 2 aromatic rings. The molecule has 0 aliphatic carbocycles. The molecule has 0 atom stereocenters. The van der Waals surface area contributed by atoms with Crippen LogP contribution in [0.25, 0.3) is 11.3 Å². The van der Waals surface area contributed by atoms with Crippen LogP contribution in [0.3, 0.4) is 0 Å². The lowest BCUT2D eigenvalue weighted by Crippen LogP contribution is -2.37. The first-order valence-electron chi connectivity index (χ1n) is 8.65. The maximum Gasteiger partial charge on any atom is 0.335 e. The van der Waals surface area contributed by atoms with E-state index in [-0.39, 0.29) is 18.0 Å². The zero-order chi connectivity index (χ0) is 17.5. The van der Waals surface area contributed by atoms with Crippen molar-refractivity contribution in [1.82, 2.24) is 10.2 Å². The van der Waals surface area contributed by atoms with Gasteiger partial charge in [-0.15, -0.1) is 12.4 Å². The van der Waals surface area contributed by atoms with E-state index in [0.717, 1.165) is 57.1 Å². The van der Waals surface area contributed by atoms with Crippen molar-refractivity contribution in [1.29, 1.82) is 0 Å². The van der Waals surface area contributed by atoms with Gasteiger partial charge in [-0.25, -0.2) is 4.79 Å². The molecule has 2 N–H and O–H groups in total. The topological polar surface area (TPSA) is 74.9 Å². The summed E-state index contributed by atoms with van der Waals surface area (Å²) in [5.41, 5.74) is 1.04. The Bertz CT molecular complexity index is 698. The van der Waals surface area contributed by atoms with E-state index < -0.39 is 5.97 Å². The highest BCUT2D eigenvalue weighted by Crippen LogP contribution is 2.23. The van der Waals surface area contributed by atoms with Crippen molar-refractivity contribution in [3.63, 3.8) is 0 Å². The van der Waals surface area contributed by atoms with Gasteiger partial charge in [0, 0.05) is 18.7 Å². The number of nitrogens with one attached hydrogen (secondary N) is 1. The van der Waals surface area contributed by atoms with E-state index in [1.165, 1.54) is 0 Å². The molecule has 6 nitrogen and oxygen atoms in total. The number of morpholine rings is 1. The van der Waals surface area contributed by atoms with Gasteiger partial charge in [-0.05, 0) is 43.8 Å². The van der Waals surface area contributed by atoms with Crippen molar-refractivity contribution in [3.05, 3.63) is 47.7 Å². The minimum Gasteiger partial charge on any atom is -0.478 e. The molecule has 1 fully saturated rings. The van der Waals surface area contributed by atoms with Gasteiger partial charge in [0.1, 0.15) is 11.5 Å². The number of carbonyl (C=O) groups is 1. The van der Waals surface area contributed by atoms with Gasteiger partial charge in [-0.2, -0.15) is 0 Å². The number of rotatable bonds is 8. The highest BCUT2D eigenvalue weighted by molar-refractivity contribution is 5.89. The second kappa shape index (κ2) is 10.3. The number of halogens is 1. The molecule has 0 amide bonds. The van der Waals surface area contributed by atoms with Crippen LogP contribution in [0.2, 0.25) is 0 Å². The van der Waals surface area contributed by atoms with E-state index in [4.69, 9.17) is 14.3 Å². The summed E-state index contributed by atoms with van der Waals surface area (Å²) in [4.78, 5) is 13.5. The molecule has 1 aliphatic rings. The quantitative estimate of drug-likeness (QED) is 0.686. The number of carboxylic acid groups (broad SMARTS) is 1. The van der Waals surface area contributed by atoms with Gasteiger partial charge < -0.3 is 19.6 Å². The third kappa shape index (κ3) is 5.85. The first kappa shape index (κ1) is 20.5. The molecule has 0 bridgehead atoms. The van der Waals surface area contributed by atoms with Crippen LogP contribution < -0.4 is 5.32 Å². The molecular weight excluding hydrogens is 356 g/mol. The molecule has 0 spiro atoms. The van der Waals surface area contributed by atoms with Gasteiger partial charge in [-0.3, -0.25) is 4.90 Å². The van der Waals surface area contributed by atoms with Crippen molar-refractivity contribution in [2.24, 2.45) is 0 Å². The van der Waals surface area contributed by atoms with Crippen molar-refractivity contribution in [3.8, 4) is 11.3 Å². The summed E-state index contributed by atoms with van der Waals surface area (Å²) >= 11 is 0. The van der Waals surface area contributed by atoms with Gasteiger partial charge >= 0.3 is 5.97 Å². The van der Waals surface area contributed by atoms with E-state index >= 15 is 0 Å². The van der Waals surface area contributed by atoms with E-state index in [9.17, 15) is 4.79 Å². The normalized spacial score (nSPS) is 14.8. The average Bonchev–Trinajstić information content (AvgIpc) is 3.11. The standard InChI is InChI=1S/C19H24N2O4.ClH/c22-19(23)16-4-1-3-15(13-16)18-6-5-17(25-18)14-20-7-2-8-21-9-11-24-12-10-21;/h1,3-6,13,20H,2,7-12,14H2,(H,22,23);1H. The molecule has 1 aromatic carbocycles. The second-order valence-corrected chi connectivity index (χ2v) is 6.14. The average molecular weight is 381 g/mol. The predicted molar refractivity (Wildman–Crippen MR) is 102 cm³/mol. The lowest BCUT2D eigenvalue weighted by atomic mass is 10.1. The number of nitrogens with zero attached hydrogens (tertiary/aromatic N) is 1. The monoisotopic (exact) mass is 380 g/mol. The van der Waals surface area contributed by atoms with Crippen LogP contribution >= 0.6 is 12.4 Å². The van der Waals surface area contributed by atoms with E-state index in [2.05, 4.69) is 10.2 Å². The van der Waals surface area contributed by atoms with Crippen molar-refractivity contribution in [2.75, 3.05) is 39.4 Å². The minimum absolute atomic E-state index is 0. The second-order valence-electron chi connectivity index (χ2n) is 6.14. The zero-order valence-corrected chi connectivity index (χ0v) is 15.5. The molecular formula is C19H25ClN2O4. The summed E-state index contributed by atoms with van der Waals surface area (Å²) in [5, 5.41) is 12.5. The van der Waals surface area contributed by atoms with Crippen LogP contribution in [0, 0.1) is 0 Å². The fourth-order valence-corrected chi connectivity index (χ4v) is 2.90. The van der Waals surface area contributed by atoms with Crippen LogP contribution in [-0.2, 0) is 11.3 Å². The lowest BCUT2D eigenvalue weighted by molar-refractivity contribution is 0.0374. The largest absolute Gasteiger partial charge is 0.478 e. The summed E-state index contributed by atoms with van der Waals surface area (Å²) in [6, 6.07) is 10.6.